The molecule has 180 valence electrons. The molecule has 14 heteroatoms. The Hall–Kier alpha value is -4.46. The molecule has 8 nitrogen and oxygen atoms in total. The van der Waals surface area contributed by atoms with E-state index in [9.17, 15) is 35.9 Å². The maximum Gasteiger partial charge on any atom is 0.411 e. The number of rotatable bonds is 4. The van der Waals surface area contributed by atoms with Gasteiger partial charge in [-0.2, -0.15) is 36.3 Å². The van der Waals surface area contributed by atoms with Crippen LogP contribution in [0.4, 0.5) is 37.7 Å². The SMILES string of the molecule is C.O=C=Nc1ccc(C(c2ccc(N=C=O)cc2)(C(F)(F)F)C(F)(F)F)cc1.[N-]=C=O.[N-]=C=O. The van der Waals surface area contributed by atoms with Gasteiger partial charge < -0.3 is 10.8 Å². The smallest absolute Gasteiger partial charge is 0.411 e. The van der Waals surface area contributed by atoms with Gasteiger partial charge in [-0.05, 0) is 47.6 Å². The number of hydrogen-bond donors (Lipinski definition) is 0. The van der Waals surface area contributed by atoms with Gasteiger partial charge in [0, 0.05) is 0 Å². The highest BCUT2D eigenvalue weighted by atomic mass is 19.4. The zero-order valence-electron chi connectivity index (χ0n) is 15.8. The minimum atomic E-state index is -5.75. The minimum Gasteiger partial charge on any atom is -0.724 e. The molecule has 0 aliphatic rings. The molecule has 34 heavy (non-hydrogen) atoms. The number of aliphatic imine (C=N–C) groups is 2. The summed E-state index contributed by atoms with van der Waals surface area (Å²) in [5.41, 5.74) is -6.87. The fraction of sp³-hybridized carbons (Fsp3) is 0.200. The van der Waals surface area contributed by atoms with E-state index in [1.165, 1.54) is 0 Å². The Morgan fingerprint density at radius 1 is 0.588 bits per heavy atom. The molecule has 2 aromatic carbocycles. The highest BCUT2D eigenvalue weighted by Crippen LogP contribution is 2.56. The minimum absolute atomic E-state index is 0. The van der Waals surface area contributed by atoms with Crippen LogP contribution in [0.25, 0.3) is 10.8 Å². The lowest BCUT2D eigenvalue weighted by atomic mass is 9.73. The molecule has 0 atom stereocenters. The van der Waals surface area contributed by atoms with Gasteiger partial charge in [-0.3, -0.25) is 9.59 Å². The zero-order chi connectivity index (χ0) is 25.7. The summed E-state index contributed by atoms with van der Waals surface area (Å²) in [6.07, 6.45) is -8.23. The quantitative estimate of drug-likeness (QED) is 0.322. The van der Waals surface area contributed by atoms with E-state index < -0.39 is 28.9 Å². The molecule has 0 spiro atoms. The lowest BCUT2D eigenvalue weighted by Crippen LogP contribution is -2.54. The Balaban J connectivity index is 0. The highest BCUT2D eigenvalue weighted by molar-refractivity contribution is 5.55. The van der Waals surface area contributed by atoms with Gasteiger partial charge in [-0.25, -0.2) is 9.59 Å². The average molecular weight is 486 g/mol. The molecule has 0 aliphatic carbocycles. The Bertz CT molecular complexity index is 998. The van der Waals surface area contributed by atoms with Crippen LogP contribution in [0.2, 0.25) is 0 Å². The van der Waals surface area contributed by atoms with Crippen molar-refractivity contribution >= 4 is 35.7 Å². The van der Waals surface area contributed by atoms with E-state index in [1.54, 1.807) is 0 Å². The van der Waals surface area contributed by atoms with Gasteiger partial charge in [0.05, 0.1) is 11.4 Å². The van der Waals surface area contributed by atoms with E-state index in [0.29, 0.717) is 36.4 Å². The first-order valence-electron chi connectivity index (χ1n) is 7.93. The first kappa shape index (κ1) is 31.7. The second kappa shape index (κ2) is 13.8. The van der Waals surface area contributed by atoms with Gasteiger partial charge in [-0.15, -0.1) is 0 Å². The lowest BCUT2D eigenvalue weighted by molar-refractivity contribution is -0.288. The fourth-order valence-electron chi connectivity index (χ4n) is 2.66. The summed E-state index contributed by atoms with van der Waals surface area (Å²) in [6, 6.07) is 5.75. The monoisotopic (exact) mass is 486 g/mol. The molecule has 0 saturated carbocycles. The largest absolute Gasteiger partial charge is 0.724 e. The van der Waals surface area contributed by atoms with E-state index >= 15 is 0 Å². The van der Waals surface area contributed by atoms with Crippen molar-refractivity contribution in [3.05, 3.63) is 70.5 Å². The van der Waals surface area contributed by atoms with Gasteiger partial charge in [0.15, 0.2) is 0 Å². The third-order valence-electron chi connectivity index (χ3n) is 3.80. The van der Waals surface area contributed by atoms with Crippen LogP contribution < -0.4 is 0 Å². The van der Waals surface area contributed by atoms with E-state index in [1.807, 2.05) is 0 Å². The Morgan fingerprint density at radius 2 is 0.824 bits per heavy atom. The van der Waals surface area contributed by atoms with Crippen LogP contribution in [-0.2, 0) is 24.6 Å². The summed E-state index contributed by atoms with van der Waals surface area (Å²) in [6.45, 7) is 0. The van der Waals surface area contributed by atoms with Crippen molar-refractivity contribution in [3.8, 4) is 0 Å². The molecule has 0 heterocycles. The molecule has 2 rings (SSSR count). The highest BCUT2D eigenvalue weighted by Gasteiger charge is 2.72. The lowest BCUT2D eigenvalue weighted by Gasteiger charge is -2.38. The molecule has 0 saturated heterocycles. The standard InChI is InChI=1S/C17H8F6N2O2.2CNO.CH4/c18-16(19,20)15(17(21,22)23,11-1-5-13(6-2-11)24-9-26)12-3-7-14(8-4-12)25-10-27;2*2-1-3;/h1-8H;;;1H4/q;2*-1;. The van der Waals surface area contributed by atoms with E-state index in [-0.39, 0.29) is 18.8 Å². The first-order valence-corrected chi connectivity index (χ1v) is 7.93. The van der Waals surface area contributed by atoms with Crippen molar-refractivity contribution in [1.29, 1.82) is 0 Å². The van der Waals surface area contributed by atoms with Gasteiger partial charge in [0.2, 0.25) is 17.6 Å². The van der Waals surface area contributed by atoms with E-state index in [0.717, 1.165) is 36.4 Å². The third-order valence-corrected chi connectivity index (χ3v) is 3.80. The van der Waals surface area contributed by atoms with Crippen LogP contribution in [0.15, 0.2) is 58.5 Å². The number of hydrogen-bond acceptors (Lipinski definition) is 6. The summed E-state index contributed by atoms with van der Waals surface area (Å²) >= 11 is 0. The van der Waals surface area contributed by atoms with Crippen LogP contribution >= 0.6 is 0 Å². The molecular weight excluding hydrogens is 474 g/mol. The van der Waals surface area contributed by atoms with Crippen molar-refractivity contribution in [3.63, 3.8) is 0 Å². The van der Waals surface area contributed by atoms with Crippen LogP contribution in [-0.4, -0.2) is 36.7 Å². The topological polar surface area (TPSA) is 138 Å². The second-order valence-corrected chi connectivity index (χ2v) is 5.43. The normalized spacial score (nSPS) is 10.1. The zero-order valence-corrected chi connectivity index (χ0v) is 15.8. The molecular formula is C20H12F6N4O4-2. The summed E-state index contributed by atoms with van der Waals surface area (Å²) < 4.78 is 83.1. The molecule has 0 aliphatic heterocycles. The maximum absolute atomic E-state index is 13.8. The molecule has 0 unspecified atom stereocenters. The molecule has 0 amide bonds. The number of carbonyl (C=O) groups excluding carboxylic acids is 4. The molecule has 0 aromatic heterocycles. The number of alkyl halides is 6. The third kappa shape index (κ3) is 7.30. The van der Waals surface area contributed by atoms with Crippen LogP contribution in [0.5, 0.6) is 0 Å². The molecule has 0 fully saturated rings. The summed E-state index contributed by atoms with van der Waals surface area (Å²) in [5.74, 6) is 0. The summed E-state index contributed by atoms with van der Waals surface area (Å²) in [4.78, 5) is 43.1. The van der Waals surface area contributed by atoms with Crippen molar-refractivity contribution < 1.29 is 45.5 Å². The van der Waals surface area contributed by atoms with Crippen LogP contribution in [0.3, 0.4) is 0 Å². The van der Waals surface area contributed by atoms with Crippen LogP contribution in [0, 0.1) is 0 Å². The summed E-state index contributed by atoms with van der Waals surface area (Å²) in [7, 11) is 0. The molecule has 0 radical (unpaired) electrons. The van der Waals surface area contributed by atoms with Gasteiger partial charge in [0.25, 0.3) is 0 Å². The molecule has 0 N–H and O–H groups in total. The van der Waals surface area contributed by atoms with E-state index in [4.69, 9.17) is 20.4 Å². The average Bonchev–Trinajstić information content (AvgIpc) is 2.70. The number of isocyanates is 4. The van der Waals surface area contributed by atoms with Gasteiger partial charge in [0.1, 0.15) is 0 Å². The van der Waals surface area contributed by atoms with Crippen molar-refractivity contribution in [2.24, 2.45) is 9.98 Å². The Kier molecular flexibility index (Phi) is 12.9. The maximum atomic E-state index is 13.8. The van der Waals surface area contributed by atoms with Crippen molar-refractivity contribution in [2.45, 2.75) is 25.2 Å². The predicted octanol–water partition coefficient (Wildman–Crippen LogP) is 5.45. The Labute approximate surface area is 187 Å². The van der Waals surface area contributed by atoms with Crippen molar-refractivity contribution in [1.82, 2.24) is 0 Å². The number of benzene rings is 2. The molecule has 0 bridgehead atoms. The molecule has 2 aromatic rings. The summed E-state index contributed by atoms with van der Waals surface area (Å²) in [5, 5.41) is 13.5. The fourth-order valence-corrected chi connectivity index (χ4v) is 2.66. The van der Waals surface area contributed by atoms with E-state index in [2.05, 4.69) is 9.98 Å². The number of halogens is 6. The van der Waals surface area contributed by atoms with Gasteiger partial charge in [-0.1, -0.05) is 31.7 Å². The number of nitrogens with zero attached hydrogens (tertiary/aromatic N) is 4. The second-order valence-electron chi connectivity index (χ2n) is 5.43. The predicted molar refractivity (Wildman–Crippen MR) is 106 cm³/mol. The first-order chi connectivity index (χ1) is 15.4. The van der Waals surface area contributed by atoms with Crippen LogP contribution in [0.1, 0.15) is 18.6 Å². The van der Waals surface area contributed by atoms with Crippen molar-refractivity contribution in [2.75, 3.05) is 0 Å². The Morgan fingerprint density at radius 3 is 1.00 bits per heavy atom. The van der Waals surface area contributed by atoms with Gasteiger partial charge >= 0.3 is 12.4 Å².